The maximum atomic E-state index is 12.7. The Morgan fingerprint density at radius 1 is 1.25 bits per heavy atom. The van der Waals surface area contributed by atoms with Crippen LogP contribution in [0, 0.1) is 0 Å². The number of benzene rings is 1. The molecule has 0 saturated carbocycles. The minimum atomic E-state index is -0.345. The molecule has 3 amide bonds. The van der Waals surface area contributed by atoms with Gasteiger partial charge in [-0.15, -0.1) is 0 Å². The maximum absolute atomic E-state index is 12.7. The Bertz CT molecular complexity index is 659. The molecule has 0 unspecified atom stereocenters. The molecule has 0 radical (unpaired) electrons. The molecule has 4 rings (SSSR count). The molecule has 0 aliphatic carbocycles. The van der Waals surface area contributed by atoms with E-state index in [4.69, 9.17) is 16.3 Å². The van der Waals surface area contributed by atoms with Crippen molar-refractivity contribution in [2.24, 2.45) is 0 Å². The predicted octanol–water partition coefficient (Wildman–Crippen LogP) is 1.97. The molecule has 24 heavy (non-hydrogen) atoms. The fraction of sp³-hybridized carbons (Fsp3) is 0.529. The van der Waals surface area contributed by atoms with E-state index in [0.717, 1.165) is 18.7 Å². The van der Waals surface area contributed by atoms with Crippen LogP contribution in [0.4, 0.5) is 10.5 Å². The first-order valence-corrected chi connectivity index (χ1v) is 8.63. The molecule has 0 spiro atoms. The van der Waals surface area contributed by atoms with Crippen molar-refractivity contribution in [2.45, 2.75) is 31.0 Å². The number of anilines is 1. The highest BCUT2D eigenvalue weighted by molar-refractivity contribution is 6.30. The second-order valence-corrected chi connectivity index (χ2v) is 7.06. The van der Waals surface area contributed by atoms with E-state index in [-0.39, 0.29) is 30.1 Å². The van der Waals surface area contributed by atoms with Crippen LogP contribution in [0.1, 0.15) is 12.8 Å². The summed E-state index contributed by atoms with van der Waals surface area (Å²) in [5, 5.41) is 0.690. The van der Waals surface area contributed by atoms with Crippen LogP contribution < -0.4 is 4.90 Å². The molecular formula is C17H20ClN3O3. The summed E-state index contributed by atoms with van der Waals surface area (Å²) in [5.74, 6) is -0.0718. The molecule has 1 aromatic carbocycles. The quantitative estimate of drug-likeness (QED) is 0.783. The molecule has 6 nitrogen and oxygen atoms in total. The number of rotatable bonds is 3. The molecule has 3 heterocycles. The number of ether oxygens (including phenoxy) is 1. The van der Waals surface area contributed by atoms with E-state index < -0.39 is 0 Å². The highest BCUT2D eigenvalue weighted by Gasteiger charge is 2.53. The number of nitrogens with zero attached hydrogens (tertiary/aromatic N) is 3. The molecule has 3 aliphatic rings. The van der Waals surface area contributed by atoms with Crippen LogP contribution in [0.3, 0.4) is 0 Å². The van der Waals surface area contributed by atoms with Crippen molar-refractivity contribution < 1.29 is 14.3 Å². The Kier molecular flexibility index (Phi) is 3.89. The average Bonchev–Trinajstić information content (AvgIpc) is 3.25. The van der Waals surface area contributed by atoms with Crippen LogP contribution in [0.25, 0.3) is 0 Å². The third-order valence-corrected chi connectivity index (χ3v) is 5.51. The van der Waals surface area contributed by atoms with Crippen LogP contribution in [0.15, 0.2) is 24.3 Å². The summed E-state index contributed by atoms with van der Waals surface area (Å²) < 4.78 is 5.31. The predicted molar refractivity (Wildman–Crippen MR) is 90.2 cm³/mol. The van der Waals surface area contributed by atoms with E-state index in [1.165, 1.54) is 4.90 Å². The van der Waals surface area contributed by atoms with Gasteiger partial charge in [-0.2, -0.15) is 0 Å². The number of hydrogen-bond acceptors (Lipinski definition) is 4. The molecule has 3 fully saturated rings. The van der Waals surface area contributed by atoms with Crippen molar-refractivity contribution in [3.63, 3.8) is 0 Å². The Morgan fingerprint density at radius 3 is 2.79 bits per heavy atom. The highest BCUT2D eigenvalue weighted by atomic mass is 35.5. The molecule has 3 atom stereocenters. The molecule has 1 aromatic rings. The summed E-state index contributed by atoms with van der Waals surface area (Å²) in [6, 6.07) is 7.09. The van der Waals surface area contributed by atoms with Gasteiger partial charge in [0.05, 0.1) is 12.1 Å². The van der Waals surface area contributed by atoms with Crippen LogP contribution in [0.2, 0.25) is 5.02 Å². The summed E-state index contributed by atoms with van der Waals surface area (Å²) in [6.07, 6.45) is 1.36. The number of amides is 3. The first kappa shape index (κ1) is 15.7. The number of fused-ring (bicyclic) bond motifs is 1. The van der Waals surface area contributed by atoms with Crippen molar-refractivity contribution in [3.8, 4) is 0 Å². The number of imide groups is 1. The highest BCUT2D eigenvalue weighted by Crippen LogP contribution is 2.33. The minimum absolute atomic E-state index is 0.0309. The van der Waals surface area contributed by atoms with Crippen molar-refractivity contribution in [3.05, 3.63) is 29.3 Å². The smallest absolute Gasteiger partial charge is 0.327 e. The summed E-state index contributed by atoms with van der Waals surface area (Å²) in [5.41, 5.74) is 1.03. The Balaban J connectivity index is 1.48. The van der Waals surface area contributed by atoms with Gasteiger partial charge in [0.25, 0.3) is 5.91 Å². The molecular weight excluding hydrogens is 330 g/mol. The summed E-state index contributed by atoms with van der Waals surface area (Å²) >= 11 is 6.06. The second kappa shape index (κ2) is 5.93. The molecule has 7 heteroatoms. The van der Waals surface area contributed by atoms with Crippen LogP contribution in [-0.2, 0) is 9.53 Å². The van der Waals surface area contributed by atoms with E-state index in [9.17, 15) is 9.59 Å². The molecule has 3 aliphatic heterocycles. The molecule has 0 aromatic heterocycles. The number of carbonyl (C=O) groups is 2. The van der Waals surface area contributed by atoms with Gasteiger partial charge in [0.15, 0.2) is 0 Å². The van der Waals surface area contributed by atoms with Crippen molar-refractivity contribution in [2.75, 3.05) is 31.6 Å². The van der Waals surface area contributed by atoms with E-state index in [1.54, 1.807) is 12.0 Å². The Morgan fingerprint density at radius 2 is 2.08 bits per heavy atom. The Labute approximate surface area is 145 Å². The van der Waals surface area contributed by atoms with Gasteiger partial charge >= 0.3 is 6.03 Å². The molecule has 0 N–H and O–H groups in total. The maximum Gasteiger partial charge on any atom is 0.327 e. The largest absolute Gasteiger partial charge is 0.380 e. The first-order valence-electron chi connectivity index (χ1n) is 8.25. The Hall–Kier alpha value is -1.79. The van der Waals surface area contributed by atoms with Crippen LogP contribution in [0.5, 0.6) is 0 Å². The zero-order chi connectivity index (χ0) is 16.8. The lowest BCUT2D eigenvalue weighted by Crippen LogP contribution is -2.44. The third-order valence-electron chi connectivity index (χ3n) is 5.27. The van der Waals surface area contributed by atoms with Gasteiger partial charge < -0.3 is 14.5 Å². The van der Waals surface area contributed by atoms with Crippen molar-refractivity contribution >= 4 is 29.2 Å². The zero-order valence-corrected chi connectivity index (χ0v) is 14.3. The minimum Gasteiger partial charge on any atom is -0.380 e. The van der Waals surface area contributed by atoms with E-state index >= 15 is 0 Å². The normalized spacial score (nSPS) is 29.8. The zero-order valence-electron chi connectivity index (χ0n) is 13.5. The topological polar surface area (TPSA) is 53.1 Å². The van der Waals surface area contributed by atoms with Gasteiger partial charge in [-0.25, -0.2) is 4.79 Å². The number of hydrogen-bond donors (Lipinski definition) is 0. The second-order valence-electron chi connectivity index (χ2n) is 6.62. The lowest BCUT2D eigenvalue weighted by atomic mass is 10.1. The van der Waals surface area contributed by atoms with E-state index in [1.807, 2.05) is 24.3 Å². The van der Waals surface area contributed by atoms with Gasteiger partial charge in [0.2, 0.25) is 0 Å². The summed E-state index contributed by atoms with van der Waals surface area (Å²) in [6.45, 7) is 1.98. The van der Waals surface area contributed by atoms with Gasteiger partial charge in [0.1, 0.15) is 6.04 Å². The molecule has 0 bridgehead atoms. The number of methoxy groups -OCH3 is 1. The standard InChI is InChI=1S/C17H20ClN3O3/c1-24-14-8-15-16(22)21(17(23)20(15)10-14)13-5-6-19(9-13)12-4-2-3-11(18)7-12/h2-4,7,13-15H,5-6,8-10H2,1H3/t13-,14+,15-/m0/s1. The SMILES string of the molecule is CO[C@@H]1C[C@H]2C(=O)N([C@H]3CCN(c4cccc(Cl)c4)C3)C(=O)N2C1. The summed E-state index contributed by atoms with van der Waals surface area (Å²) in [4.78, 5) is 30.7. The van der Waals surface area contributed by atoms with Crippen LogP contribution in [-0.4, -0.2) is 66.7 Å². The number of urea groups is 1. The fourth-order valence-electron chi connectivity index (χ4n) is 4.00. The first-order chi connectivity index (χ1) is 11.6. The van der Waals surface area contributed by atoms with Crippen molar-refractivity contribution in [1.82, 2.24) is 9.80 Å². The number of carbonyl (C=O) groups excluding carboxylic acids is 2. The van der Waals surface area contributed by atoms with Gasteiger partial charge in [-0.05, 0) is 24.6 Å². The third kappa shape index (κ3) is 2.45. The summed E-state index contributed by atoms with van der Waals surface area (Å²) in [7, 11) is 1.62. The van der Waals surface area contributed by atoms with E-state index in [2.05, 4.69) is 4.90 Å². The van der Waals surface area contributed by atoms with Gasteiger partial charge in [-0.3, -0.25) is 9.69 Å². The molecule has 128 valence electrons. The average molecular weight is 350 g/mol. The van der Waals surface area contributed by atoms with Gasteiger partial charge in [-0.1, -0.05) is 17.7 Å². The number of halogens is 1. The van der Waals surface area contributed by atoms with Gasteiger partial charge in [0, 0.05) is 43.9 Å². The fourth-order valence-corrected chi connectivity index (χ4v) is 4.19. The van der Waals surface area contributed by atoms with E-state index in [0.29, 0.717) is 24.5 Å². The van der Waals surface area contributed by atoms with Crippen molar-refractivity contribution in [1.29, 1.82) is 0 Å². The lowest BCUT2D eigenvalue weighted by Gasteiger charge is -2.24. The van der Waals surface area contributed by atoms with Crippen LogP contribution >= 0.6 is 11.6 Å². The lowest BCUT2D eigenvalue weighted by molar-refractivity contribution is -0.129. The monoisotopic (exact) mass is 349 g/mol. The molecule has 3 saturated heterocycles.